The Morgan fingerprint density at radius 3 is 2.25 bits per heavy atom. The van der Waals surface area contributed by atoms with Crippen molar-refractivity contribution in [2.75, 3.05) is 25.0 Å². The molecule has 4 amide bonds. The summed E-state index contributed by atoms with van der Waals surface area (Å²) in [5.74, 6) is -1.82. The fourth-order valence-corrected chi connectivity index (χ4v) is 3.79. The van der Waals surface area contributed by atoms with Crippen LogP contribution in [-0.2, 0) is 14.4 Å². The predicted molar refractivity (Wildman–Crippen MR) is 104 cm³/mol. The topological polar surface area (TPSA) is 86.8 Å². The van der Waals surface area contributed by atoms with Crippen molar-refractivity contribution < 1.29 is 19.2 Å². The third kappa shape index (κ3) is 3.83. The van der Waals surface area contributed by atoms with E-state index in [2.05, 4.69) is 5.32 Å². The Kier molecular flexibility index (Phi) is 5.92. The number of allylic oxidation sites excluding steroid dienone is 2. The number of hydrogen-bond acceptors (Lipinski definition) is 4. The Hall–Kier alpha value is -2.96. The molecular weight excluding hydrogens is 358 g/mol. The summed E-state index contributed by atoms with van der Waals surface area (Å²) in [5.41, 5.74) is 0.938. The van der Waals surface area contributed by atoms with Crippen LogP contribution in [0.2, 0.25) is 0 Å². The number of benzene rings is 1. The van der Waals surface area contributed by atoms with Crippen molar-refractivity contribution in [2.24, 2.45) is 11.8 Å². The van der Waals surface area contributed by atoms with E-state index in [-0.39, 0.29) is 36.1 Å². The van der Waals surface area contributed by atoms with E-state index in [1.807, 2.05) is 26.0 Å². The van der Waals surface area contributed by atoms with Gasteiger partial charge in [0.05, 0.1) is 11.8 Å². The molecule has 0 radical (unpaired) electrons. The molecule has 0 aromatic heterocycles. The zero-order valence-electron chi connectivity index (χ0n) is 16.2. The fourth-order valence-electron chi connectivity index (χ4n) is 3.79. The molecule has 2 aliphatic rings. The summed E-state index contributed by atoms with van der Waals surface area (Å²) in [5, 5.41) is 2.69. The third-order valence-corrected chi connectivity index (χ3v) is 5.34. The van der Waals surface area contributed by atoms with E-state index >= 15 is 0 Å². The number of rotatable bonds is 6. The minimum absolute atomic E-state index is 0.109. The molecule has 1 N–H and O–H groups in total. The van der Waals surface area contributed by atoms with Crippen LogP contribution in [0.3, 0.4) is 0 Å². The van der Waals surface area contributed by atoms with Crippen molar-refractivity contribution in [2.45, 2.75) is 26.7 Å². The van der Waals surface area contributed by atoms with Gasteiger partial charge in [-0.2, -0.15) is 0 Å². The standard InChI is InChI=1S/C21H25N3O4/c1-3-23(4-2)19(26)14-8-7-9-15(12-14)22-18(25)13-24-20(27)16-10-5-6-11-17(16)21(24)28/h5-9,12,16-17H,3-4,10-11,13H2,1-2H3,(H,22,25)/t16-,17-/m0/s1. The minimum Gasteiger partial charge on any atom is -0.339 e. The molecule has 7 heteroatoms. The highest BCUT2D eigenvalue weighted by Gasteiger charge is 2.47. The molecular formula is C21H25N3O4. The van der Waals surface area contributed by atoms with Crippen LogP contribution in [0, 0.1) is 11.8 Å². The van der Waals surface area contributed by atoms with Crippen molar-refractivity contribution in [3.05, 3.63) is 42.0 Å². The van der Waals surface area contributed by atoms with Crippen LogP contribution >= 0.6 is 0 Å². The Balaban J connectivity index is 1.66. The molecule has 1 heterocycles. The summed E-state index contributed by atoms with van der Waals surface area (Å²) in [6, 6.07) is 6.67. The van der Waals surface area contributed by atoms with Crippen molar-refractivity contribution in [3.63, 3.8) is 0 Å². The summed E-state index contributed by atoms with van der Waals surface area (Å²) in [4.78, 5) is 52.6. The Labute approximate surface area is 164 Å². The molecule has 3 rings (SSSR count). The van der Waals surface area contributed by atoms with Gasteiger partial charge in [-0.1, -0.05) is 18.2 Å². The van der Waals surface area contributed by atoms with E-state index in [1.54, 1.807) is 29.2 Å². The number of nitrogens with one attached hydrogen (secondary N) is 1. The van der Waals surface area contributed by atoms with Crippen LogP contribution in [0.15, 0.2) is 36.4 Å². The zero-order chi connectivity index (χ0) is 20.3. The first kappa shape index (κ1) is 19.8. The van der Waals surface area contributed by atoms with E-state index in [0.29, 0.717) is 37.2 Å². The molecule has 7 nitrogen and oxygen atoms in total. The molecule has 2 atom stereocenters. The van der Waals surface area contributed by atoms with Crippen LogP contribution < -0.4 is 5.32 Å². The largest absolute Gasteiger partial charge is 0.339 e. The number of imide groups is 1. The number of carbonyl (C=O) groups is 4. The first-order chi connectivity index (χ1) is 13.5. The molecule has 1 fully saturated rings. The van der Waals surface area contributed by atoms with Gasteiger partial charge in [0.2, 0.25) is 17.7 Å². The normalized spacial score (nSPS) is 20.9. The number of likely N-dealkylation sites (tertiary alicyclic amines) is 1. The van der Waals surface area contributed by atoms with Crippen molar-refractivity contribution in [1.82, 2.24) is 9.80 Å². The highest BCUT2D eigenvalue weighted by Crippen LogP contribution is 2.34. The van der Waals surface area contributed by atoms with Gasteiger partial charge in [0, 0.05) is 24.3 Å². The molecule has 0 saturated carbocycles. The van der Waals surface area contributed by atoms with Gasteiger partial charge < -0.3 is 10.2 Å². The van der Waals surface area contributed by atoms with E-state index in [9.17, 15) is 19.2 Å². The third-order valence-electron chi connectivity index (χ3n) is 5.34. The second-order valence-corrected chi connectivity index (χ2v) is 7.02. The first-order valence-electron chi connectivity index (χ1n) is 9.65. The maximum Gasteiger partial charge on any atom is 0.253 e. The maximum atomic E-state index is 12.5. The van der Waals surface area contributed by atoms with Crippen LogP contribution in [0.1, 0.15) is 37.0 Å². The fraction of sp³-hybridized carbons (Fsp3) is 0.429. The predicted octanol–water partition coefficient (Wildman–Crippen LogP) is 2.06. The lowest BCUT2D eigenvalue weighted by molar-refractivity contribution is -0.142. The molecule has 1 aliphatic carbocycles. The van der Waals surface area contributed by atoms with E-state index in [4.69, 9.17) is 0 Å². The molecule has 0 bridgehead atoms. The van der Waals surface area contributed by atoms with Crippen LogP contribution in [0.25, 0.3) is 0 Å². The van der Waals surface area contributed by atoms with Crippen LogP contribution in [0.5, 0.6) is 0 Å². The second-order valence-electron chi connectivity index (χ2n) is 7.02. The molecule has 0 unspecified atom stereocenters. The lowest BCUT2D eigenvalue weighted by Gasteiger charge is -2.19. The Morgan fingerprint density at radius 1 is 1.07 bits per heavy atom. The molecule has 1 saturated heterocycles. The number of hydrogen-bond donors (Lipinski definition) is 1. The molecule has 1 aromatic carbocycles. The van der Waals surface area contributed by atoms with Gasteiger partial charge in [0.25, 0.3) is 5.91 Å². The van der Waals surface area contributed by atoms with E-state index < -0.39 is 5.91 Å². The highest BCUT2D eigenvalue weighted by atomic mass is 16.2. The first-order valence-corrected chi connectivity index (χ1v) is 9.65. The highest BCUT2D eigenvalue weighted by molar-refractivity contribution is 6.09. The molecule has 28 heavy (non-hydrogen) atoms. The summed E-state index contributed by atoms with van der Waals surface area (Å²) < 4.78 is 0. The number of amides is 4. The molecule has 148 valence electrons. The van der Waals surface area contributed by atoms with Crippen molar-refractivity contribution in [1.29, 1.82) is 0 Å². The lowest BCUT2D eigenvalue weighted by atomic mass is 9.85. The summed E-state index contributed by atoms with van der Waals surface area (Å²) in [7, 11) is 0. The van der Waals surface area contributed by atoms with Gasteiger partial charge in [-0.25, -0.2) is 0 Å². The quantitative estimate of drug-likeness (QED) is 0.602. The molecule has 1 aliphatic heterocycles. The van der Waals surface area contributed by atoms with Gasteiger partial charge >= 0.3 is 0 Å². The summed E-state index contributed by atoms with van der Waals surface area (Å²) in [6.45, 7) is 4.71. The zero-order valence-corrected chi connectivity index (χ0v) is 16.2. The Morgan fingerprint density at radius 2 is 1.68 bits per heavy atom. The summed E-state index contributed by atoms with van der Waals surface area (Å²) in [6.07, 6.45) is 4.91. The van der Waals surface area contributed by atoms with E-state index in [1.165, 1.54) is 0 Å². The van der Waals surface area contributed by atoms with Gasteiger partial charge in [-0.15, -0.1) is 0 Å². The van der Waals surface area contributed by atoms with Gasteiger partial charge in [-0.3, -0.25) is 24.1 Å². The minimum atomic E-state index is -0.458. The van der Waals surface area contributed by atoms with Gasteiger partial charge in [0.1, 0.15) is 6.54 Å². The number of fused-ring (bicyclic) bond motifs is 1. The number of nitrogens with zero attached hydrogens (tertiary/aromatic N) is 2. The smallest absolute Gasteiger partial charge is 0.253 e. The average molecular weight is 383 g/mol. The van der Waals surface area contributed by atoms with Crippen LogP contribution in [-0.4, -0.2) is 53.1 Å². The lowest BCUT2D eigenvalue weighted by Crippen LogP contribution is -2.38. The SMILES string of the molecule is CCN(CC)C(=O)c1cccc(NC(=O)CN2C(=O)[C@H]3CC=CC[C@@H]3C2=O)c1. The maximum absolute atomic E-state index is 12.5. The monoisotopic (exact) mass is 383 g/mol. The van der Waals surface area contributed by atoms with Crippen molar-refractivity contribution >= 4 is 29.3 Å². The van der Waals surface area contributed by atoms with Gasteiger partial charge in [-0.05, 0) is 44.9 Å². The average Bonchev–Trinajstić information content (AvgIpc) is 2.94. The number of anilines is 1. The van der Waals surface area contributed by atoms with E-state index in [0.717, 1.165) is 4.90 Å². The van der Waals surface area contributed by atoms with Crippen molar-refractivity contribution in [3.8, 4) is 0 Å². The van der Waals surface area contributed by atoms with Crippen LogP contribution in [0.4, 0.5) is 5.69 Å². The summed E-state index contributed by atoms with van der Waals surface area (Å²) >= 11 is 0. The molecule has 1 aromatic rings. The number of carbonyl (C=O) groups excluding carboxylic acids is 4. The Bertz CT molecular complexity index is 803. The van der Waals surface area contributed by atoms with Gasteiger partial charge in [0.15, 0.2) is 0 Å². The molecule has 0 spiro atoms. The second kappa shape index (κ2) is 8.37.